The van der Waals surface area contributed by atoms with Crippen LogP contribution < -0.4 is 10.2 Å². The van der Waals surface area contributed by atoms with Crippen LogP contribution in [0.2, 0.25) is 0 Å². The molecule has 0 saturated carbocycles. The van der Waals surface area contributed by atoms with Crippen molar-refractivity contribution in [2.75, 3.05) is 6.61 Å². The maximum absolute atomic E-state index is 12.9. The molecule has 1 fully saturated rings. The van der Waals surface area contributed by atoms with E-state index in [1.807, 2.05) is 39.8 Å². The molecule has 1 aliphatic heterocycles. The average molecular weight is 356 g/mol. The van der Waals surface area contributed by atoms with Crippen molar-refractivity contribution in [1.29, 1.82) is 0 Å². The van der Waals surface area contributed by atoms with E-state index in [-0.39, 0.29) is 18.2 Å². The zero-order valence-corrected chi connectivity index (χ0v) is 15.4. The van der Waals surface area contributed by atoms with E-state index in [0.717, 1.165) is 5.46 Å². The minimum atomic E-state index is -0.435. The van der Waals surface area contributed by atoms with Crippen molar-refractivity contribution >= 4 is 18.4 Å². The highest BCUT2D eigenvalue weighted by atomic mass is 19.1. The first kappa shape index (κ1) is 18.6. The number of benzene rings is 2. The van der Waals surface area contributed by atoms with Crippen LogP contribution in [0.3, 0.4) is 0 Å². The number of hydrogen-bond donors (Lipinski definition) is 0. The normalized spacial score (nSPS) is 18.0. The number of carbonyl (C=O) groups excluding carboxylic acids is 1. The third-order valence-electron chi connectivity index (χ3n) is 4.94. The molecule has 6 heteroatoms. The Morgan fingerprint density at radius 1 is 0.962 bits per heavy atom. The summed E-state index contributed by atoms with van der Waals surface area (Å²) < 4.78 is 30.4. The summed E-state index contributed by atoms with van der Waals surface area (Å²) >= 11 is 0. The lowest BCUT2D eigenvalue weighted by atomic mass is 9.79. The summed E-state index contributed by atoms with van der Waals surface area (Å²) in [6.07, 6.45) is 0. The first-order valence-corrected chi connectivity index (χ1v) is 8.55. The van der Waals surface area contributed by atoms with Gasteiger partial charge in [0.25, 0.3) is 0 Å². The molecule has 0 bridgehead atoms. The van der Waals surface area contributed by atoms with Gasteiger partial charge in [-0.05, 0) is 69.6 Å². The molecule has 1 saturated heterocycles. The highest BCUT2D eigenvalue weighted by Gasteiger charge is 2.51. The second-order valence-electron chi connectivity index (χ2n) is 7.38. The van der Waals surface area contributed by atoms with Gasteiger partial charge in [-0.3, -0.25) is 4.79 Å². The molecule has 4 nitrogen and oxygen atoms in total. The van der Waals surface area contributed by atoms with E-state index in [1.54, 1.807) is 12.1 Å². The van der Waals surface area contributed by atoms with Crippen LogP contribution in [0.5, 0.6) is 5.75 Å². The molecule has 0 unspecified atom stereocenters. The molecule has 0 amide bonds. The molecule has 0 aliphatic carbocycles. The van der Waals surface area contributed by atoms with Crippen LogP contribution >= 0.6 is 0 Å². The molecule has 3 rings (SSSR count). The fourth-order valence-corrected chi connectivity index (χ4v) is 2.57. The Morgan fingerprint density at radius 2 is 1.50 bits per heavy atom. The van der Waals surface area contributed by atoms with Gasteiger partial charge in [0.05, 0.1) is 11.2 Å². The lowest BCUT2D eigenvalue weighted by molar-refractivity contribution is 0.00578. The molecule has 136 valence electrons. The SMILES string of the molecule is CC1(C)OB(c2ccc(OCC(=O)c3ccc(F)cc3)cc2)OC1(C)C. The van der Waals surface area contributed by atoms with Gasteiger partial charge in [-0.25, -0.2) is 4.39 Å². The van der Waals surface area contributed by atoms with E-state index >= 15 is 0 Å². The second kappa shape index (κ2) is 6.85. The number of rotatable bonds is 5. The van der Waals surface area contributed by atoms with Crippen molar-refractivity contribution in [2.45, 2.75) is 38.9 Å². The summed E-state index contributed by atoms with van der Waals surface area (Å²) in [7, 11) is -0.435. The third kappa shape index (κ3) is 3.81. The summed E-state index contributed by atoms with van der Waals surface area (Å²) in [6.45, 7) is 7.91. The van der Waals surface area contributed by atoms with E-state index in [9.17, 15) is 9.18 Å². The Bertz CT molecular complexity index is 768. The molecule has 0 atom stereocenters. The summed E-state index contributed by atoms with van der Waals surface area (Å²) in [5.74, 6) is -0.0125. The van der Waals surface area contributed by atoms with E-state index in [1.165, 1.54) is 24.3 Å². The maximum atomic E-state index is 12.9. The smallest absolute Gasteiger partial charge is 0.485 e. The molecule has 0 radical (unpaired) electrons. The summed E-state index contributed by atoms with van der Waals surface area (Å²) in [6, 6.07) is 12.7. The van der Waals surface area contributed by atoms with Crippen LogP contribution in [0, 0.1) is 5.82 Å². The standard InChI is InChI=1S/C20H22BFO4/c1-19(2)20(3,4)26-21(25-19)15-7-11-17(12-8-15)24-13-18(23)14-5-9-16(22)10-6-14/h5-12H,13H2,1-4H3. The van der Waals surface area contributed by atoms with E-state index in [0.29, 0.717) is 11.3 Å². The van der Waals surface area contributed by atoms with Gasteiger partial charge in [0.2, 0.25) is 0 Å². The highest BCUT2D eigenvalue weighted by molar-refractivity contribution is 6.62. The van der Waals surface area contributed by atoms with Crippen LogP contribution in [0.15, 0.2) is 48.5 Å². The topological polar surface area (TPSA) is 44.8 Å². The number of ether oxygens (including phenoxy) is 1. The van der Waals surface area contributed by atoms with Gasteiger partial charge in [0.1, 0.15) is 11.6 Å². The van der Waals surface area contributed by atoms with E-state index in [2.05, 4.69) is 0 Å². The molecule has 26 heavy (non-hydrogen) atoms. The molecule has 2 aromatic rings. The predicted octanol–water partition coefficient (Wildman–Crippen LogP) is 3.39. The quantitative estimate of drug-likeness (QED) is 0.609. The number of halogens is 1. The maximum Gasteiger partial charge on any atom is 0.494 e. The van der Waals surface area contributed by atoms with Crippen LogP contribution in [-0.2, 0) is 9.31 Å². The summed E-state index contributed by atoms with van der Waals surface area (Å²) in [5.41, 5.74) is 0.518. The lowest BCUT2D eigenvalue weighted by Gasteiger charge is -2.32. The van der Waals surface area contributed by atoms with Crippen LogP contribution in [0.1, 0.15) is 38.1 Å². The monoisotopic (exact) mass is 356 g/mol. The third-order valence-corrected chi connectivity index (χ3v) is 4.94. The molecule has 1 aliphatic rings. The van der Waals surface area contributed by atoms with Gasteiger partial charge in [0, 0.05) is 5.56 Å². The van der Waals surface area contributed by atoms with Gasteiger partial charge in [-0.15, -0.1) is 0 Å². The fraction of sp³-hybridized carbons (Fsp3) is 0.350. The van der Waals surface area contributed by atoms with E-state index < -0.39 is 18.3 Å². The number of ketones is 1. The Kier molecular flexibility index (Phi) is 4.91. The molecule has 0 aromatic heterocycles. The number of Topliss-reactive ketones (excluding diaryl/α,β-unsaturated/α-hetero) is 1. The molecule has 1 heterocycles. The minimum absolute atomic E-state index is 0.110. The molecular weight excluding hydrogens is 334 g/mol. The van der Waals surface area contributed by atoms with Crippen molar-refractivity contribution in [3.63, 3.8) is 0 Å². The van der Waals surface area contributed by atoms with Crippen molar-refractivity contribution in [3.05, 3.63) is 59.9 Å². The Hall–Kier alpha value is -2.18. The van der Waals surface area contributed by atoms with Crippen molar-refractivity contribution in [3.8, 4) is 5.75 Å². The number of carbonyl (C=O) groups is 1. The zero-order chi connectivity index (χ0) is 18.9. The van der Waals surface area contributed by atoms with Crippen molar-refractivity contribution < 1.29 is 23.2 Å². The van der Waals surface area contributed by atoms with Gasteiger partial charge >= 0.3 is 7.12 Å². The Labute approximate surface area is 153 Å². The summed E-state index contributed by atoms with van der Waals surface area (Å²) in [4.78, 5) is 12.1. The van der Waals surface area contributed by atoms with Crippen LogP contribution in [-0.4, -0.2) is 30.7 Å². The molecule has 0 spiro atoms. The Balaban J connectivity index is 1.60. The Morgan fingerprint density at radius 3 is 2.04 bits per heavy atom. The molecule has 0 N–H and O–H groups in total. The first-order valence-electron chi connectivity index (χ1n) is 8.55. The molecule has 2 aromatic carbocycles. The van der Waals surface area contributed by atoms with Gasteiger partial charge in [-0.2, -0.15) is 0 Å². The van der Waals surface area contributed by atoms with Gasteiger partial charge < -0.3 is 14.0 Å². The predicted molar refractivity (Wildman–Crippen MR) is 98.4 cm³/mol. The van der Waals surface area contributed by atoms with Crippen LogP contribution in [0.4, 0.5) is 4.39 Å². The van der Waals surface area contributed by atoms with Crippen molar-refractivity contribution in [1.82, 2.24) is 0 Å². The second-order valence-corrected chi connectivity index (χ2v) is 7.38. The first-order chi connectivity index (χ1) is 12.2. The van der Waals surface area contributed by atoms with Gasteiger partial charge in [0.15, 0.2) is 12.4 Å². The van der Waals surface area contributed by atoms with E-state index in [4.69, 9.17) is 14.0 Å². The van der Waals surface area contributed by atoms with Crippen LogP contribution in [0.25, 0.3) is 0 Å². The van der Waals surface area contributed by atoms with Gasteiger partial charge in [-0.1, -0.05) is 12.1 Å². The molecular formula is C20H22BFO4. The zero-order valence-electron chi connectivity index (χ0n) is 15.4. The highest BCUT2D eigenvalue weighted by Crippen LogP contribution is 2.36. The lowest BCUT2D eigenvalue weighted by Crippen LogP contribution is -2.41. The largest absolute Gasteiger partial charge is 0.494 e. The average Bonchev–Trinajstić information content (AvgIpc) is 2.81. The summed E-state index contributed by atoms with van der Waals surface area (Å²) in [5, 5.41) is 0. The number of hydrogen-bond acceptors (Lipinski definition) is 4. The fourth-order valence-electron chi connectivity index (χ4n) is 2.57. The minimum Gasteiger partial charge on any atom is -0.485 e. The van der Waals surface area contributed by atoms with Crippen molar-refractivity contribution in [2.24, 2.45) is 0 Å².